The topological polar surface area (TPSA) is 106 Å². The number of anilines is 1. The summed E-state index contributed by atoms with van der Waals surface area (Å²) in [4.78, 5) is 55.2. The number of hydrogen-bond donors (Lipinski definition) is 1. The fraction of sp³-hybridized carbons (Fsp3) is 0.0714. The highest BCUT2D eigenvalue weighted by atomic mass is 35.5. The minimum Gasteiger partial charge on any atom is -0.320 e. The van der Waals surface area contributed by atoms with Crippen LogP contribution in [-0.4, -0.2) is 34.2 Å². The van der Waals surface area contributed by atoms with Gasteiger partial charge in [-0.2, -0.15) is 0 Å². The third-order valence-electron chi connectivity index (χ3n) is 5.67. The zero-order valence-corrected chi connectivity index (χ0v) is 20.0. The molecule has 4 aromatic rings. The van der Waals surface area contributed by atoms with Crippen LogP contribution in [0.5, 0.6) is 0 Å². The number of rotatable bonds is 8. The van der Waals surface area contributed by atoms with Gasteiger partial charge in [-0.3, -0.25) is 29.1 Å². The lowest BCUT2D eigenvalue weighted by atomic mass is 9.95. The van der Waals surface area contributed by atoms with Crippen LogP contribution in [0.2, 0.25) is 5.02 Å². The van der Waals surface area contributed by atoms with Crippen molar-refractivity contribution >= 4 is 41.6 Å². The number of pyridine rings is 2. The highest BCUT2D eigenvalue weighted by Gasteiger charge is 2.17. The lowest BCUT2D eigenvalue weighted by Gasteiger charge is -2.15. The first-order valence-corrected chi connectivity index (χ1v) is 11.3. The van der Waals surface area contributed by atoms with Crippen molar-refractivity contribution in [2.24, 2.45) is 0 Å². The molecule has 178 valence electrons. The first-order valence-electron chi connectivity index (χ1n) is 11.0. The molecule has 36 heavy (non-hydrogen) atoms. The van der Waals surface area contributed by atoms with E-state index in [0.717, 1.165) is 11.1 Å². The normalized spacial score (nSPS) is 10.5. The number of amides is 1. The van der Waals surface area contributed by atoms with Gasteiger partial charge >= 0.3 is 0 Å². The van der Waals surface area contributed by atoms with Crippen LogP contribution in [-0.2, 0) is 6.42 Å². The summed E-state index contributed by atoms with van der Waals surface area (Å²) >= 11 is 6.73. The fourth-order valence-corrected chi connectivity index (χ4v) is 3.98. The third kappa shape index (κ3) is 5.26. The molecule has 4 rings (SSSR count). The fourth-order valence-electron chi connectivity index (χ4n) is 3.69. The second-order valence-electron chi connectivity index (χ2n) is 8.00. The Balaban J connectivity index is 1.59. The predicted octanol–water partition coefficient (Wildman–Crippen LogP) is 5.41. The molecule has 0 aliphatic rings. The average molecular weight is 498 g/mol. The number of nitrogens with one attached hydrogen (secondary N) is 1. The summed E-state index contributed by atoms with van der Waals surface area (Å²) in [6, 6.07) is 17.0. The molecule has 0 radical (unpaired) electrons. The molecule has 1 N–H and O–H groups in total. The largest absolute Gasteiger partial charge is 0.320 e. The summed E-state index contributed by atoms with van der Waals surface area (Å²) < 4.78 is 0. The zero-order chi connectivity index (χ0) is 25.7. The quantitative estimate of drug-likeness (QED) is 0.258. The standard InChI is InChI=1S/C28H20ClN3O4/c1-17-21(5-3-7-23(17)32-28(36)25-11-9-19(16-34)14-31-25)22-6-2-4-20(27(22)29)12-26(35)24-10-8-18(15-33)13-30-24/h2-11,13-16H,12H2,1H3,(H,32,36). The maximum absolute atomic E-state index is 12.7. The number of carbonyl (C=O) groups excluding carboxylic acids is 4. The van der Waals surface area contributed by atoms with Crippen molar-refractivity contribution in [1.29, 1.82) is 0 Å². The van der Waals surface area contributed by atoms with Gasteiger partial charge in [0.2, 0.25) is 0 Å². The van der Waals surface area contributed by atoms with E-state index in [1.807, 2.05) is 25.1 Å². The van der Waals surface area contributed by atoms with Crippen molar-refractivity contribution in [3.63, 3.8) is 0 Å². The van der Waals surface area contributed by atoms with E-state index in [-0.39, 0.29) is 23.6 Å². The van der Waals surface area contributed by atoms with E-state index >= 15 is 0 Å². The molecule has 8 heteroatoms. The minimum atomic E-state index is -0.411. The van der Waals surface area contributed by atoms with Gasteiger partial charge in [-0.05, 0) is 53.9 Å². The Bertz CT molecular complexity index is 1350. The van der Waals surface area contributed by atoms with E-state index in [0.29, 0.717) is 45.5 Å². The Labute approximate surface area is 212 Å². The van der Waals surface area contributed by atoms with Crippen molar-refractivity contribution in [2.45, 2.75) is 13.3 Å². The summed E-state index contributed by atoms with van der Waals surface area (Å²) in [5.41, 5.74) is 4.71. The van der Waals surface area contributed by atoms with E-state index in [4.69, 9.17) is 11.6 Å². The Kier molecular flexibility index (Phi) is 7.42. The molecule has 0 saturated carbocycles. The van der Waals surface area contributed by atoms with Gasteiger partial charge in [-0.25, -0.2) is 0 Å². The second-order valence-corrected chi connectivity index (χ2v) is 8.38. The van der Waals surface area contributed by atoms with Crippen molar-refractivity contribution in [3.8, 4) is 11.1 Å². The van der Waals surface area contributed by atoms with Crippen LogP contribution in [0.3, 0.4) is 0 Å². The molecule has 2 aromatic heterocycles. The average Bonchev–Trinajstić information content (AvgIpc) is 2.91. The van der Waals surface area contributed by atoms with E-state index in [2.05, 4.69) is 15.3 Å². The summed E-state index contributed by atoms with van der Waals surface area (Å²) in [6.07, 6.45) is 4.06. The molecule has 0 bridgehead atoms. The van der Waals surface area contributed by atoms with Crippen LogP contribution in [0.15, 0.2) is 73.1 Å². The van der Waals surface area contributed by atoms with Gasteiger partial charge in [-0.1, -0.05) is 41.9 Å². The molecule has 1 amide bonds. The zero-order valence-electron chi connectivity index (χ0n) is 19.2. The second kappa shape index (κ2) is 10.8. The monoisotopic (exact) mass is 497 g/mol. The van der Waals surface area contributed by atoms with Gasteiger partial charge in [0.05, 0.1) is 5.02 Å². The number of aldehydes is 2. The highest BCUT2D eigenvalue weighted by Crippen LogP contribution is 2.35. The molecule has 7 nitrogen and oxygen atoms in total. The van der Waals surface area contributed by atoms with Crippen molar-refractivity contribution in [3.05, 3.63) is 112 Å². The molecule has 0 aliphatic carbocycles. The van der Waals surface area contributed by atoms with E-state index in [9.17, 15) is 19.2 Å². The van der Waals surface area contributed by atoms with Gasteiger partial charge in [-0.15, -0.1) is 0 Å². The lowest BCUT2D eigenvalue weighted by molar-refractivity contribution is 0.0985. The smallest absolute Gasteiger partial charge is 0.274 e. The molecular formula is C28H20ClN3O4. The van der Waals surface area contributed by atoms with Crippen LogP contribution in [0.25, 0.3) is 11.1 Å². The number of ketones is 1. The molecule has 0 fully saturated rings. The number of halogens is 1. The van der Waals surface area contributed by atoms with Crippen LogP contribution in [0.4, 0.5) is 5.69 Å². The van der Waals surface area contributed by atoms with Crippen LogP contribution in [0.1, 0.15) is 52.8 Å². The summed E-state index contributed by atoms with van der Waals surface area (Å²) in [5.74, 6) is -0.636. The summed E-state index contributed by atoms with van der Waals surface area (Å²) in [6.45, 7) is 1.86. The van der Waals surface area contributed by atoms with Gasteiger partial charge in [0, 0.05) is 41.2 Å². The molecule has 0 aliphatic heterocycles. The van der Waals surface area contributed by atoms with Gasteiger partial charge in [0.25, 0.3) is 5.91 Å². The first-order chi connectivity index (χ1) is 17.4. The van der Waals surface area contributed by atoms with Crippen LogP contribution < -0.4 is 5.32 Å². The van der Waals surface area contributed by atoms with Gasteiger partial charge in [0.1, 0.15) is 11.4 Å². The maximum Gasteiger partial charge on any atom is 0.274 e. The van der Waals surface area contributed by atoms with Crippen LogP contribution in [0, 0.1) is 6.92 Å². The number of Topliss-reactive ketones (excluding diaryl/α,β-unsaturated/α-hetero) is 1. The Hall–Kier alpha value is -4.49. The summed E-state index contributed by atoms with van der Waals surface area (Å²) in [5, 5.41) is 3.28. The lowest BCUT2D eigenvalue weighted by Crippen LogP contribution is -2.14. The number of carbonyl (C=O) groups is 4. The third-order valence-corrected chi connectivity index (χ3v) is 6.11. The molecule has 0 atom stereocenters. The van der Waals surface area contributed by atoms with E-state index in [1.54, 1.807) is 24.3 Å². The highest BCUT2D eigenvalue weighted by molar-refractivity contribution is 6.34. The van der Waals surface area contributed by atoms with E-state index in [1.165, 1.54) is 30.6 Å². The SMILES string of the molecule is Cc1c(NC(=O)c2ccc(C=O)cn2)cccc1-c1cccc(CC(=O)c2ccc(C=O)cn2)c1Cl. The molecule has 0 unspecified atom stereocenters. The van der Waals surface area contributed by atoms with Crippen molar-refractivity contribution in [2.75, 3.05) is 5.32 Å². The number of benzene rings is 2. The van der Waals surface area contributed by atoms with E-state index < -0.39 is 5.91 Å². The van der Waals surface area contributed by atoms with Crippen molar-refractivity contribution < 1.29 is 19.2 Å². The predicted molar refractivity (Wildman–Crippen MR) is 137 cm³/mol. The summed E-state index contributed by atoms with van der Waals surface area (Å²) in [7, 11) is 0. The number of aromatic nitrogens is 2. The Morgan fingerprint density at radius 2 is 1.44 bits per heavy atom. The molecule has 2 heterocycles. The molecular weight excluding hydrogens is 478 g/mol. The Morgan fingerprint density at radius 1 is 0.833 bits per heavy atom. The van der Waals surface area contributed by atoms with Gasteiger partial charge < -0.3 is 5.32 Å². The van der Waals surface area contributed by atoms with Crippen LogP contribution >= 0.6 is 11.6 Å². The van der Waals surface area contributed by atoms with Crippen molar-refractivity contribution in [1.82, 2.24) is 9.97 Å². The number of nitrogens with zero attached hydrogens (tertiary/aromatic N) is 2. The molecule has 2 aromatic carbocycles. The Morgan fingerprint density at radius 3 is 2.06 bits per heavy atom. The minimum absolute atomic E-state index is 0.0397. The number of hydrogen-bond acceptors (Lipinski definition) is 6. The molecule has 0 spiro atoms. The molecule has 0 saturated heterocycles. The first kappa shape index (κ1) is 24.6. The van der Waals surface area contributed by atoms with Gasteiger partial charge in [0.15, 0.2) is 18.4 Å². The maximum atomic E-state index is 12.7.